The second-order valence-electron chi connectivity index (χ2n) is 12.0. The minimum absolute atomic E-state index is 0.344. The Kier molecular flexibility index (Phi) is 9.92. The standard InChI is InChI=1S/2C12H24/c2*1-10(2)8-12(6,7)9-11(3,4)5/h8H,9H2,1-7H3;1,8-9H2,2-7H3. The van der Waals surface area contributed by atoms with Gasteiger partial charge in [-0.1, -0.05) is 86.5 Å². The summed E-state index contributed by atoms with van der Waals surface area (Å²) >= 11 is 0. The summed E-state index contributed by atoms with van der Waals surface area (Å²) in [4.78, 5) is 0. The Morgan fingerprint density at radius 2 is 1.08 bits per heavy atom. The summed E-state index contributed by atoms with van der Waals surface area (Å²) in [5.41, 5.74) is 4.32. The van der Waals surface area contributed by atoms with E-state index in [0.717, 1.165) is 6.42 Å². The quantitative estimate of drug-likeness (QED) is 0.440. The summed E-state index contributed by atoms with van der Waals surface area (Å²) in [6.45, 7) is 33.5. The van der Waals surface area contributed by atoms with Gasteiger partial charge in [0.05, 0.1) is 0 Å². The smallest absolute Gasteiger partial charge is 0.0167 e. The third kappa shape index (κ3) is 19.5. The molecular weight excluding hydrogens is 288 g/mol. The number of hydrogen-bond donors (Lipinski definition) is 0. The lowest BCUT2D eigenvalue weighted by Crippen LogP contribution is -2.20. The van der Waals surface area contributed by atoms with Gasteiger partial charge in [-0.05, 0) is 61.7 Å². The molecule has 0 bridgehead atoms. The summed E-state index contributed by atoms with van der Waals surface area (Å²) in [5.74, 6) is 0. The second-order valence-corrected chi connectivity index (χ2v) is 12.0. The molecule has 0 spiro atoms. The van der Waals surface area contributed by atoms with Gasteiger partial charge in [0.2, 0.25) is 0 Å². The van der Waals surface area contributed by atoms with Crippen molar-refractivity contribution in [2.75, 3.05) is 0 Å². The first-order chi connectivity index (χ1) is 10.2. The lowest BCUT2D eigenvalue weighted by Gasteiger charge is -2.32. The Morgan fingerprint density at radius 1 is 0.708 bits per heavy atom. The van der Waals surface area contributed by atoms with Crippen LogP contribution in [0.4, 0.5) is 0 Å². The van der Waals surface area contributed by atoms with Crippen molar-refractivity contribution in [3.05, 3.63) is 23.8 Å². The van der Waals surface area contributed by atoms with Crippen LogP contribution >= 0.6 is 0 Å². The van der Waals surface area contributed by atoms with Gasteiger partial charge in [-0.15, -0.1) is 6.58 Å². The Balaban J connectivity index is 0. The first-order valence-corrected chi connectivity index (χ1v) is 9.55. The van der Waals surface area contributed by atoms with Crippen LogP contribution in [0.1, 0.15) is 109 Å². The summed E-state index contributed by atoms with van der Waals surface area (Å²) in [5, 5.41) is 0. The van der Waals surface area contributed by atoms with Crippen molar-refractivity contribution < 1.29 is 0 Å². The number of hydrogen-bond acceptors (Lipinski definition) is 0. The molecule has 0 nitrogen and oxygen atoms in total. The van der Waals surface area contributed by atoms with Crippen molar-refractivity contribution >= 4 is 0 Å². The summed E-state index contributed by atoms with van der Waals surface area (Å²) in [6.07, 6.45) is 6.01. The van der Waals surface area contributed by atoms with E-state index in [2.05, 4.69) is 103 Å². The predicted octanol–water partition coefficient (Wildman–Crippen LogP) is 8.83. The summed E-state index contributed by atoms with van der Waals surface area (Å²) in [7, 11) is 0. The minimum atomic E-state index is 0.344. The maximum Gasteiger partial charge on any atom is -0.0167 e. The maximum atomic E-state index is 3.97. The molecule has 0 N–H and O–H groups in total. The van der Waals surface area contributed by atoms with Crippen LogP contribution in [-0.4, -0.2) is 0 Å². The van der Waals surface area contributed by atoms with Crippen LogP contribution < -0.4 is 0 Å². The molecule has 0 aliphatic rings. The fourth-order valence-electron chi connectivity index (χ4n) is 4.51. The Hall–Kier alpha value is -0.520. The van der Waals surface area contributed by atoms with E-state index >= 15 is 0 Å². The van der Waals surface area contributed by atoms with Gasteiger partial charge in [0.25, 0.3) is 0 Å². The van der Waals surface area contributed by atoms with Crippen molar-refractivity contribution in [2.24, 2.45) is 21.7 Å². The van der Waals surface area contributed by atoms with E-state index in [1.807, 2.05) is 0 Å². The molecule has 0 saturated carbocycles. The molecule has 0 aliphatic heterocycles. The van der Waals surface area contributed by atoms with Gasteiger partial charge in [-0.3, -0.25) is 0 Å². The predicted molar refractivity (Wildman–Crippen MR) is 115 cm³/mol. The van der Waals surface area contributed by atoms with Crippen molar-refractivity contribution in [3.63, 3.8) is 0 Å². The Bertz CT molecular complexity index is 398. The molecule has 0 fully saturated rings. The Morgan fingerprint density at radius 3 is 1.33 bits per heavy atom. The van der Waals surface area contributed by atoms with Gasteiger partial charge in [0.15, 0.2) is 0 Å². The normalized spacial score (nSPS) is 13.0. The average Bonchev–Trinajstić information content (AvgIpc) is 2.02. The van der Waals surface area contributed by atoms with Crippen LogP contribution in [-0.2, 0) is 0 Å². The summed E-state index contributed by atoms with van der Waals surface area (Å²) in [6, 6.07) is 0. The highest BCUT2D eigenvalue weighted by Crippen LogP contribution is 2.37. The molecule has 0 aromatic carbocycles. The molecule has 144 valence electrons. The molecule has 0 saturated heterocycles. The van der Waals surface area contributed by atoms with Crippen LogP contribution in [0.15, 0.2) is 23.8 Å². The molecule has 0 radical (unpaired) electrons. The highest BCUT2D eigenvalue weighted by molar-refractivity contribution is 5.03. The fraction of sp³-hybridized carbons (Fsp3) is 0.833. The molecule has 0 heteroatoms. The number of rotatable bonds is 5. The van der Waals surface area contributed by atoms with E-state index in [0.29, 0.717) is 21.7 Å². The fourth-order valence-corrected chi connectivity index (χ4v) is 4.51. The van der Waals surface area contributed by atoms with Gasteiger partial charge in [-0.2, -0.15) is 0 Å². The molecule has 24 heavy (non-hydrogen) atoms. The van der Waals surface area contributed by atoms with Crippen molar-refractivity contribution in [3.8, 4) is 0 Å². The highest BCUT2D eigenvalue weighted by atomic mass is 14.3. The zero-order valence-electron chi connectivity index (χ0n) is 19.4. The van der Waals surface area contributed by atoms with Gasteiger partial charge in [0, 0.05) is 0 Å². The van der Waals surface area contributed by atoms with Crippen LogP contribution in [0.2, 0.25) is 0 Å². The van der Waals surface area contributed by atoms with Crippen molar-refractivity contribution in [1.29, 1.82) is 0 Å². The van der Waals surface area contributed by atoms with Gasteiger partial charge < -0.3 is 0 Å². The monoisotopic (exact) mass is 336 g/mol. The van der Waals surface area contributed by atoms with E-state index in [9.17, 15) is 0 Å². The van der Waals surface area contributed by atoms with E-state index in [1.165, 1.54) is 24.0 Å². The molecule has 0 amide bonds. The van der Waals surface area contributed by atoms with E-state index < -0.39 is 0 Å². The van der Waals surface area contributed by atoms with Crippen LogP contribution in [0, 0.1) is 21.7 Å². The first-order valence-electron chi connectivity index (χ1n) is 9.55. The van der Waals surface area contributed by atoms with Crippen LogP contribution in [0.25, 0.3) is 0 Å². The van der Waals surface area contributed by atoms with Crippen molar-refractivity contribution in [2.45, 2.75) is 109 Å². The molecular formula is C24H48. The largest absolute Gasteiger partial charge is 0.100 e. The maximum absolute atomic E-state index is 3.97. The third-order valence-electron chi connectivity index (χ3n) is 3.45. The van der Waals surface area contributed by atoms with Gasteiger partial charge in [-0.25, -0.2) is 0 Å². The molecule has 0 heterocycles. The SMILES string of the molecule is C=C(C)CC(C)(C)CC(C)(C)C.CC(C)=CC(C)(C)CC(C)(C)C. The van der Waals surface area contributed by atoms with Gasteiger partial charge in [0.1, 0.15) is 0 Å². The van der Waals surface area contributed by atoms with Crippen LogP contribution in [0.3, 0.4) is 0 Å². The summed E-state index contributed by atoms with van der Waals surface area (Å²) < 4.78 is 0. The third-order valence-corrected chi connectivity index (χ3v) is 3.45. The zero-order chi connectivity index (χ0) is 20.0. The second kappa shape index (κ2) is 9.25. The molecule has 0 aromatic heterocycles. The van der Waals surface area contributed by atoms with E-state index in [4.69, 9.17) is 0 Å². The molecule has 0 aromatic rings. The first kappa shape index (κ1) is 25.7. The zero-order valence-corrected chi connectivity index (χ0v) is 19.4. The highest BCUT2D eigenvalue weighted by Gasteiger charge is 2.25. The molecule has 0 atom stereocenters. The lowest BCUT2D eigenvalue weighted by atomic mass is 9.73. The minimum Gasteiger partial charge on any atom is -0.100 e. The topological polar surface area (TPSA) is 0 Å². The van der Waals surface area contributed by atoms with E-state index in [1.54, 1.807) is 0 Å². The van der Waals surface area contributed by atoms with Crippen LogP contribution in [0.5, 0.6) is 0 Å². The molecule has 0 aliphatic carbocycles. The van der Waals surface area contributed by atoms with E-state index in [-0.39, 0.29) is 0 Å². The number of allylic oxidation sites excluding steroid dienone is 3. The Labute approximate surface area is 155 Å². The molecule has 0 rings (SSSR count). The lowest BCUT2D eigenvalue weighted by molar-refractivity contribution is 0.211. The average molecular weight is 337 g/mol. The molecule has 0 unspecified atom stereocenters. The van der Waals surface area contributed by atoms with Gasteiger partial charge >= 0.3 is 0 Å². The van der Waals surface area contributed by atoms with Crippen molar-refractivity contribution in [1.82, 2.24) is 0 Å².